The van der Waals surface area contributed by atoms with E-state index in [2.05, 4.69) is 19.2 Å². The molecule has 0 aliphatic rings. The predicted molar refractivity (Wildman–Crippen MR) is 107 cm³/mol. The lowest BCUT2D eigenvalue weighted by atomic mass is 9.93. The van der Waals surface area contributed by atoms with Gasteiger partial charge >= 0.3 is 12.1 Å². The highest BCUT2D eigenvalue weighted by Crippen LogP contribution is 2.23. The van der Waals surface area contributed by atoms with Crippen molar-refractivity contribution in [1.29, 1.82) is 0 Å². The van der Waals surface area contributed by atoms with Gasteiger partial charge in [-0.3, -0.25) is 5.32 Å². The van der Waals surface area contributed by atoms with Crippen molar-refractivity contribution >= 4 is 28.4 Å². The molecule has 1 aromatic heterocycles. The summed E-state index contributed by atoms with van der Waals surface area (Å²) >= 11 is 1.18. The lowest BCUT2D eigenvalue weighted by Crippen LogP contribution is -2.15. The van der Waals surface area contributed by atoms with Crippen LogP contribution in [0.3, 0.4) is 0 Å². The first-order valence-corrected chi connectivity index (χ1v) is 10.7. The van der Waals surface area contributed by atoms with Gasteiger partial charge in [0.25, 0.3) is 0 Å². The van der Waals surface area contributed by atoms with Crippen LogP contribution in [0.2, 0.25) is 0 Å². The summed E-state index contributed by atoms with van der Waals surface area (Å²) in [6.45, 7) is 4.88. The molecule has 0 aromatic carbocycles. The molecule has 0 aliphatic heterocycles. The molecule has 0 fully saturated rings. The highest BCUT2D eigenvalue weighted by atomic mass is 32.1. The number of unbranched alkanes of at least 4 members (excludes halogenated alkanes) is 5. The highest BCUT2D eigenvalue weighted by Gasteiger charge is 2.14. The minimum atomic E-state index is -1.05. The molecule has 1 amide bonds. The van der Waals surface area contributed by atoms with Crippen LogP contribution in [-0.2, 0) is 4.74 Å². The second-order valence-corrected chi connectivity index (χ2v) is 7.62. The van der Waals surface area contributed by atoms with Crippen LogP contribution in [0.1, 0.15) is 88.4 Å². The Morgan fingerprint density at radius 3 is 2.42 bits per heavy atom. The summed E-state index contributed by atoms with van der Waals surface area (Å²) < 4.78 is 5.14. The molecule has 0 aliphatic carbocycles. The van der Waals surface area contributed by atoms with Gasteiger partial charge in [0.1, 0.15) is 5.00 Å². The average Bonchev–Trinajstić information content (AvgIpc) is 3.08. The Morgan fingerprint density at radius 2 is 1.81 bits per heavy atom. The molecule has 0 saturated heterocycles. The number of ether oxygens (including phenoxy) is 1. The number of amides is 1. The van der Waals surface area contributed by atoms with Gasteiger partial charge in [-0.05, 0) is 23.8 Å². The number of aromatic carboxylic acids is 1. The van der Waals surface area contributed by atoms with E-state index in [1.807, 2.05) is 0 Å². The summed E-state index contributed by atoms with van der Waals surface area (Å²) in [7, 11) is 0. The van der Waals surface area contributed by atoms with Crippen molar-refractivity contribution in [1.82, 2.24) is 0 Å². The monoisotopic (exact) mass is 383 g/mol. The summed E-state index contributed by atoms with van der Waals surface area (Å²) in [5.74, 6) is -0.230. The van der Waals surface area contributed by atoms with Crippen LogP contribution < -0.4 is 5.32 Å². The van der Waals surface area contributed by atoms with Gasteiger partial charge in [0.2, 0.25) is 0 Å². The van der Waals surface area contributed by atoms with Crippen molar-refractivity contribution in [3.63, 3.8) is 0 Å². The van der Waals surface area contributed by atoms with Crippen LogP contribution in [0.15, 0.2) is 11.4 Å². The SMILES string of the molecule is CCCCCCC(CC)CCCCCOC(=O)Nc1sccc1C(=O)O. The number of carboxylic acids is 1. The standard InChI is InChI=1S/C20H33NO4S/c1-3-5-6-8-11-16(4-2)12-9-7-10-14-25-20(24)21-18-17(19(22)23)13-15-26-18/h13,15-16H,3-12,14H2,1-2H3,(H,21,24)(H,22,23). The van der Waals surface area contributed by atoms with Crippen LogP contribution in [0.25, 0.3) is 0 Å². The Balaban J connectivity index is 2.09. The molecule has 26 heavy (non-hydrogen) atoms. The Morgan fingerprint density at radius 1 is 1.12 bits per heavy atom. The van der Waals surface area contributed by atoms with Crippen LogP contribution in [0.4, 0.5) is 9.80 Å². The van der Waals surface area contributed by atoms with E-state index in [1.54, 1.807) is 5.38 Å². The molecule has 1 heterocycles. The fraction of sp³-hybridized carbons (Fsp3) is 0.700. The van der Waals surface area contributed by atoms with Crippen molar-refractivity contribution in [2.75, 3.05) is 11.9 Å². The molecule has 1 rings (SSSR count). The largest absolute Gasteiger partial charge is 0.478 e. The quantitative estimate of drug-likeness (QED) is 0.357. The molecule has 2 N–H and O–H groups in total. The van der Waals surface area contributed by atoms with Crippen molar-refractivity contribution in [2.24, 2.45) is 5.92 Å². The third kappa shape index (κ3) is 9.22. The third-order valence-corrected chi connectivity index (χ3v) is 5.47. The van der Waals surface area contributed by atoms with Crippen LogP contribution in [0, 0.1) is 5.92 Å². The molecular formula is C20H33NO4S. The van der Waals surface area contributed by atoms with Crippen molar-refractivity contribution in [3.8, 4) is 0 Å². The maximum absolute atomic E-state index is 11.7. The van der Waals surface area contributed by atoms with Crippen LogP contribution in [0.5, 0.6) is 0 Å². The molecule has 5 nitrogen and oxygen atoms in total. The number of carbonyl (C=O) groups is 2. The summed E-state index contributed by atoms with van der Waals surface area (Å²) in [6, 6.07) is 1.47. The van der Waals surface area contributed by atoms with E-state index in [1.165, 1.54) is 68.8 Å². The zero-order chi connectivity index (χ0) is 19.2. The van der Waals surface area contributed by atoms with E-state index < -0.39 is 12.1 Å². The summed E-state index contributed by atoms with van der Waals surface area (Å²) in [5.41, 5.74) is 0.0940. The topological polar surface area (TPSA) is 75.6 Å². The third-order valence-electron chi connectivity index (χ3n) is 4.64. The minimum Gasteiger partial charge on any atom is -0.478 e. The zero-order valence-electron chi connectivity index (χ0n) is 16.1. The molecule has 1 aromatic rings. The number of anilines is 1. The number of rotatable bonds is 14. The first-order valence-electron chi connectivity index (χ1n) is 9.83. The van der Waals surface area contributed by atoms with Crippen molar-refractivity contribution in [3.05, 3.63) is 17.0 Å². The van der Waals surface area contributed by atoms with Gasteiger partial charge in [-0.25, -0.2) is 9.59 Å². The van der Waals surface area contributed by atoms with Crippen LogP contribution >= 0.6 is 11.3 Å². The van der Waals surface area contributed by atoms with E-state index in [9.17, 15) is 9.59 Å². The number of nitrogens with one attached hydrogen (secondary N) is 1. The van der Waals surface area contributed by atoms with E-state index in [0.29, 0.717) is 11.6 Å². The molecule has 0 spiro atoms. The van der Waals surface area contributed by atoms with E-state index >= 15 is 0 Å². The Hall–Kier alpha value is -1.56. The van der Waals surface area contributed by atoms with Gasteiger partial charge in [-0.15, -0.1) is 11.3 Å². The maximum Gasteiger partial charge on any atom is 0.412 e. The molecule has 1 atom stereocenters. The normalized spacial score (nSPS) is 11.9. The van der Waals surface area contributed by atoms with Crippen molar-refractivity contribution < 1.29 is 19.4 Å². The molecule has 1 unspecified atom stereocenters. The molecular weight excluding hydrogens is 350 g/mol. The number of hydrogen-bond donors (Lipinski definition) is 2. The van der Waals surface area contributed by atoms with Crippen molar-refractivity contribution in [2.45, 2.75) is 78.1 Å². The Bertz CT molecular complexity index is 530. The first kappa shape index (κ1) is 22.5. The summed E-state index contributed by atoms with van der Waals surface area (Å²) in [5, 5.41) is 13.4. The molecule has 0 radical (unpaired) electrons. The lowest BCUT2D eigenvalue weighted by Gasteiger charge is -2.14. The Labute approximate surface area is 161 Å². The minimum absolute atomic E-state index is 0.0940. The van der Waals surface area contributed by atoms with E-state index in [4.69, 9.17) is 9.84 Å². The summed E-state index contributed by atoms with van der Waals surface area (Å²) in [4.78, 5) is 22.7. The Kier molecular flexibility index (Phi) is 11.8. The summed E-state index contributed by atoms with van der Waals surface area (Å²) in [6.07, 6.45) is 11.6. The highest BCUT2D eigenvalue weighted by molar-refractivity contribution is 7.14. The van der Waals surface area contributed by atoms with E-state index in [0.717, 1.165) is 18.8 Å². The fourth-order valence-corrected chi connectivity index (χ4v) is 3.76. The fourth-order valence-electron chi connectivity index (χ4n) is 2.99. The second-order valence-electron chi connectivity index (χ2n) is 6.70. The first-order chi connectivity index (χ1) is 12.6. The smallest absolute Gasteiger partial charge is 0.412 e. The molecule has 6 heteroatoms. The maximum atomic E-state index is 11.7. The molecule has 148 valence electrons. The number of hydrogen-bond acceptors (Lipinski definition) is 4. The average molecular weight is 384 g/mol. The molecule has 0 bridgehead atoms. The van der Waals surface area contributed by atoms with Gasteiger partial charge < -0.3 is 9.84 Å². The van der Waals surface area contributed by atoms with Gasteiger partial charge in [0.05, 0.1) is 12.2 Å². The van der Waals surface area contributed by atoms with Gasteiger partial charge in [0.15, 0.2) is 0 Å². The lowest BCUT2D eigenvalue weighted by molar-refractivity contribution is 0.0698. The second kappa shape index (κ2) is 13.6. The van der Waals surface area contributed by atoms with Gasteiger partial charge in [-0.2, -0.15) is 0 Å². The van der Waals surface area contributed by atoms with Crippen LogP contribution in [-0.4, -0.2) is 23.8 Å². The number of thiophene rings is 1. The predicted octanol–water partition coefficient (Wildman–Crippen LogP) is 6.55. The van der Waals surface area contributed by atoms with Gasteiger partial charge in [-0.1, -0.05) is 71.6 Å². The molecule has 0 saturated carbocycles. The number of carboxylic acid groups (broad SMARTS) is 1. The van der Waals surface area contributed by atoms with Gasteiger partial charge in [0, 0.05) is 0 Å². The zero-order valence-corrected chi connectivity index (χ0v) is 16.9. The number of carbonyl (C=O) groups excluding carboxylic acids is 1. The van der Waals surface area contributed by atoms with E-state index in [-0.39, 0.29) is 5.56 Å².